The fourth-order valence-electron chi connectivity index (χ4n) is 3.13. The number of rotatable bonds is 5. The van der Waals surface area contributed by atoms with Crippen LogP contribution in [-0.2, 0) is 0 Å². The number of aromatic nitrogens is 3. The molecule has 25 heavy (non-hydrogen) atoms. The molecule has 6 nitrogen and oxygen atoms in total. The first kappa shape index (κ1) is 17.4. The van der Waals surface area contributed by atoms with Crippen LogP contribution in [0.1, 0.15) is 48.2 Å². The van der Waals surface area contributed by atoms with Gasteiger partial charge in [-0.2, -0.15) is 0 Å². The van der Waals surface area contributed by atoms with Gasteiger partial charge < -0.3 is 10.4 Å². The number of aliphatic hydroxyl groups excluding tert-OH is 1. The molecule has 1 aromatic heterocycles. The number of hydrogen-bond acceptors (Lipinski definition) is 4. The van der Waals surface area contributed by atoms with Gasteiger partial charge in [-0.05, 0) is 30.9 Å². The monoisotopic (exact) mass is 340 g/mol. The molecule has 1 heterocycles. The summed E-state index contributed by atoms with van der Waals surface area (Å²) in [4.78, 5) is 16.8. The summed E-state index contributed by atoms with van der Waals surface area (Å²) >= 11 is 0. The molecular weight excluding hydrogens is 316 g/mol. The SMILES string of the molecule is Cc1nc(C(=O)N[C@@H]2C=C[C@H](CO)C2)nn1-c1ccccc1C(C)C. The third-order valence-electron chi connectivity index (χ3n) is 4.48. The van der Waals surface area contributed by atoms with E-state index in [1.807, 2.05) is 37.3 Å². The van der Waals surface area contributed by atoms with E-state index >= 15 is 0 Å². The third kappa shape index (κ3) is 3.64. The molecule has 0 fully saturated rings. The number of amides is 1. The average molecular weight is 340 g/mol. The van der Waals surface area contributed by atoms with Crippen molar-refractivity contribution in [2.24, 2.45) is 5.92 Å². The maximum atomic E-state index is 12.5. The summed E-state index contributed by atoms with van der Waals surface area (Å²) in [7, 11) is 0. The number of nitrogens with one attached hydrogen (secondary N) is 1. The molecule has 0 spiro atoms. The molecule has 1 aliphatic rings. The van der Waals surface area contributed by atoms with Crippen molar-refractivity contribution in [1.82, 2.24) is 20.1 Å². The maximum absolute atomic E-state index is 12.5. The van der Waals surface area contributed by atoms with Crippen LogP contribution in [-0.4, -0.2) is 38.4 Å². The highest BCUT2D eigenvalue weighted by atomic mass is 16.3. The topological polar surface area (TPSA) is 80.0 Å². The van der Waals surface area contributed by atoms with Gasteiger partial charge in [-0.3, -0.25) is 4.79 Å². The molecule has 2 N–H and O–H groups in total. The summed E-state index contributed by atoms with van der Waals surface area (Å²) in [6.45, 7) is 6.20. The molecule has 1 aromatic carbocycles. The van der Waals surface area contributed by atoms with Crippen molar-refractivity contribution in [3.8, 4) is 5.69 Å². The zero-order chi connectivity index (χ0) is 18.0. The normalized spacial score (nSPS) is 19.6. The van der Waals surface area contributed by atoms with Gasteiger partial charge in [-0.25, -0.2) is 9.67 Å². The number of nitrogens with zero attached hydrogens (tertiary/aromatic N) is 3. The van der Waals surface area contributed by atoms with Gasteiger partial charge in [0, 0.05) is 18.6 Å². The highest BCUT2D eigenvalue weighted by Gasteiger charge is 2.23. The van der Waals surface area contributed by atoms with Gasteiger partial charge in [0.15, 0.2) is 0 Å². The highest BCUT2D eigenvalue weighted by molar-refractivity contribution is 5.90. The second-order valence-corrected chi connectivity index (χ2v) is 6.75. The molecule has 1 amide bonds. The molecular formula is C19H24N4O2. The highest BCUT2D eigenvalue weighted by Crippen LogP contribution is 2.23. The lowest BCUT2D eigenvalue weighted by Gasteiger charge is -2.13. The Balaban J connectivity index is 1.81. The predicted octanol–water partition coefficient (Wildman–Crippen LogP) is 2.37. The standard InChI is InChI=1S/C19H24N4O2/c1-12(2)16-6-4-5-7-17(16)23-13(3)20-18(22-23)19(25)21-15-9-8-14(10-15)11-24/h4-9,12,14-15,24H,10-11H2,1-3H3,(H,21,25)/t14-,15+/m0/s1. The third-order valence-corrected chi connectivity index (χ3v) is 4.48. The van der Waals surface area contributed by atoms with E-state index in [9.17, 15) is 9.90 Å². The van der Waals surface area contributed by atoms with Crippen molar-refractivity contribution in [2.45, 2.75) is 39.2 Å². The Morgan fingerprint density at radius 3 is 2.80 bits per heavy atom. The fraction of sp³-hybridized carbons (Fsp3) is 0.421. The van der Waals surface area contributed by atoms with Crippen molar-refractivity contribution < 1.29 is 9.90 Å². The Morgan fingerprint density at radius 2 is 2.12 bits per heavy atom. The number of benzene rings is 1. The first-order valence-electron chi connectivity index (χ1n) is 8.62. The molecule has 0 bridgehead atoms. The van der Waals surface area contributed by atoms with Crippen LogP contribution in [0.4, 0.5) is 0 Å². The van der Waals surface area contributed by atoms with Crippen LogP contribution in [0.15, 0.2) is 36.4 Å². The summed E-state index contributed by atoms with van der Waals surface area (Å²) in [6, 6.07) is 7.94. The van der Waals surface area contributed by atoms with E-state index in [1.165, 1.54) is 0 Å². The van der Waals surface area contributed by atoms with Crippen LogP contribution in [0.25, 0.3) is 5.69 Å². The van der Waals surface area contributed by atoms with Gasteiger partial charge in [0.2, 0.25) is 5.82 Å². The Labute approximate surface area is 147 Å². The van der Waals surface area contributed by atoms with Gasteiger partial charge in [0.1, 0.15) is 5.82 Å². The lowest BCUT2D eigenvalue weighted by molar-refractivity contribution is 0.0930. The Bertz CT molecular complexity index is 794. The molecule has 0 saturated heterocycles. The largest absolute Gasteiger partial charge is 0.396 e. The first-order chi connectivity index (χ1) is 12.0. The van der Waals surface area contributed by atoms with Crippen molar-refractivity contribution in [2.75, 3.05) is 6.61 Å². The van der Waals surface area contributed by atoms with Crippen molar-refractivity contribution >= 4 is 5.91 Å². The molecule has 2 atom stereocenters. The van der Waals surface area contributed by atoms with Crippen molar-refractivity contribution in [3.05, 3.63) is 53.6 Å². The number of aliphatic hydroxyl groups is 1. The zero-order valence-electron chi connectivity index (χ0n) is 14.8. The molecule has 0 unspecified atom stereocenters. The minimum atomic E-state index is -0.294. The number of para-hydroxylation sites is 1. The quantitative estimate of drug-likeness (QED) is 0.819. The number of hydrogen-bond donors (Lipinski definition) is 2. The number of carbonyl (C=O) groups excluding carboxylic acids is 1. The summed E-state index contributed by atoms with van der Waals surface area (Å²) in [5.41, 5.74) is 2.11. The summed E-state index contributed by atoms with van der Waals surface area (Å²) in [5.74, 6) is 0.995. The fourth-order valence-corrected chi connectivity index (χ4v) is 3.13. The smallest absolute Gasteiger partial charge is 0.291 e. The van der Waals surface area contributed by atoms with E-state index in [1.54, 1.807) is 4.68 Å². The number of aryl methyl sites for hydroxylation is 1. The van der Waals surface area contributed by atoms with Crippen LogP contribution < -0.4 is 5.32 Å². The van der Waals surface area contributed by atoms with E-state index in [4.69, 9.17) is 0 Å². The van der Waals surface area contributed by atoms with Crippen molar-refractivity contribution in [3.63, 3.8) is 0 Å². The lowest BCUT2D eigenvalue weighted by atomic mass is 10.0. The molecule has 6 heteroatoms. The number of carbonyl (C=O) groups is 1. The second kappa shape index (κ2) is 7.19. The van der Waals surface area contributed by atoms with Gasteiger partial charge in [-0.1, -0.05) is 44.2 Å². The van der Waals surface area contributed by atoms with Crippen LogP contribution in [0.5, 0.6) is 0 Å². The molecule has 2 aromatic rings. The molecule has 0 saturated carbocycles. The Hall–Kier alpha value is -2.47. The second-order valence-electron chi connectivity index (χ2n) is 6.75. The minimum Gasteiger partial charge on any atom is -0.396 e. The van der Waals surface area contributed by atoms with E-state index in [0.717, 1.165) is 11.3 Å². The van der Waals surface area contributed by atoms with Crippen molar-refractivity contribution in [1.29, 1.82) is 0 Å². The van der Waals surface area contributed by atoms with E-state index in [-0.39, 0.29) is 30.3 Å². The molecule has 0 aliphatic heterocycles. The zero-order valence-corrected chi connectivity index (χ0v) is 14.8. The van der Waals surface area contributed by atoms with E-state index < -0.39 is 0 Å². The molecule has 0 radical (unpaired) electrons. The van der Waals surface area contributed by atoms with Gasteiger partial charge >= 0.3 is 0 Å². The summed E-state index contributed by atoms with van der Waals surface area (Å²) < 4.78 is 1.73. The Kier molecular flexibility index (Phi) is 4.99. The van der Waals surface area contributed by atoms with Crippen LogP contribution >= 0.6 is 0 Å². The molecule has 3 rings (SSSR count). The van der Waals surface area contributed by atoms with Crippen LogP contribution in [0, 0.1) is 12.8 Å². The molecule has 132 valence electrons. The van der Waals surface area contributed by atoms with Gasteiger partial charge in [-0.15, -0.1) is 5.10 Å². The first-order valence-corrected chi connectivity index (χ1v) is 8.62. The lowest BCUT2D eigenvalue weighted by Crippen LogP contribution is -2.33. The molecule has 1 aliphatic carbocycles. The van der Waals surface area contributed by atoms with Crippen LogP contribution in [0.3, 0.4) is 0 Å². The van der Waals surface area contributed by atoms with E-state index in [2.05, 4.69) is 35.3 Å². The van der Waals surface area contributed by atoms with E-state index in [0.29, 0.717) is 18.2 Å². The predicted molar refractivity (Wildman–Crippen MR) is 95.8 cm³/mol. The minimum absolute atomic E-state index is 0.0835. The van der Waals surface area contributed by atoms with Gasteiger partial charge in [0.25, 0.3) is 5.91 Å². The maximum Gasteiger partial charge on any atom is 0.291 e. The van der Waals surface area contributed by atoms with Gasteiger partial charge in [0.05, 0.1) is 5.69 Å². The summed E-state index contributed by atoms with van der Waals surface area (Å²) in [5, 5.41) is 16.5. The average Bonchev–Trinajstić information content (AvgIpc) is 3.21. The van der Waals surface area contributed by atoms with Crippen LogP contribution in [0.2, 0.25) is 0 Å². The summed E-state index contributed by atoms with van der Waals surface area (Å²) in [6.07, 6.45) is 4.55. The Morgan fingerprint density at radius 1 is 1.36 bits per heavy atom.